The Morgan fingerprint density at radius 2 is 1.57 bits per heavy atom. The molecule has 0 aliphatic heterocycles. The molecule has 0 saturated heterocycles. The van der Waals surface area contributed by atoms with E-state index < -0.39 is 15.9 Å². The minimum absolute atomic E-state index is 0.0272. The van der Waals surface area contributed by atoms with Gasteiger partial charge in [-0.25, -0.2) is 8.42 Å². The molecule has 0 unspecified atom stereocenters. The molecule has 0 fully saturated rings. The van der Waals surface area contributed by atoms with E-state index in [1.54, 1.807) is 61.5 Å². The van der Waals surface area contributed by atoms with Gasteiger partial charge in [0, 0.05) is 6.54 Å². The number of anilines is 2. The van der Waals surface area contributed by atoms with Crippen LogP contribution in [0.2, 0.25) is 0 Å². The Bertz CT molecular complexity index is 1100. The molecule has 0 aliphatic carbocycles. The summed E-state index contributed by atoms with van der Waals surface area (Å²) in [6, 6.07) is 22.5. The van der Waals surface area contributed by atoms with E-state index in [2.05, 4.69) is 5.32 Å². The molecular formula is C23H24N2O4S. The third-order valence-electron chi connectivity index (χ3n) is 4.45. The van der Waals surface area contributed by atoms with Gasteiger partial charge in [-0.3, -0.25) is 9.10 Å². The normalized spacial score (nSPS) is 11.0. The molecule has 7 heteroatoms. The van der Waals surface area contributed by atoms with Gasteiger partial charge in [0.15, 0.2) is 6.61 Å². The van der Waals surface area contributed by atoms with Crippen molar-refractivity contribution >= 4 is 27.3 Å². The number of carbonyl (C=O) groups excluding carboxylic acids is 1. The summed E-state index contributed by atoms with van der Waals surface area (Å²) < 4.78 is 33.4. The second-order valence-corrected chi connectivity index (χ2v) is 8.48. The molecule has 6 nitrogen and oxygen atoms in total. The Labute approximate surface area is 177 Å². The molecule has 1 amide bonds. The number of carbonyl (C=O) groups is 1. The van der Waals surface area contributed by atoms with Crippen LogP contribution in [-0.4, -0.2) is 27.5 Å². The molecule has 156 valence electrons. The van der Waals surface area contributed by atoms with E-state index in [0.29, 0.717) is 11.4 Å². The molecule has 0 radical (unpaired) electrons. The van der Waals surface area contributed by atoms with E-state index >= 15 is 0 Å². The van der Waals surface area contributed by atoms with Crippen molar-refractivity contribution in [2.45, 2.75) is 18.7 Å². The van der Waals surface area contributed by atoms with E-state index in [4.69, 9.17) is 4.74 Å². The van der Waals surface area contributed by atoms with Crippen LogP contribution in [0.25, 0.3) is 0 Å². The second kappa shape index (κ2) is 9.45. The van der Waals surface area contributed by atoms with Crippen LogP contribution in [0, 0.1) is 6.92 Å². The van der Waals surface area contributed by atoms with Crippen LogP contribution in [-0.2, 0) is 14.8 Å². The number of hydrogen-bond acceptors (Lipinski definition) is 4. The van der Waals surface area contributed by atoms with Crippen molar-refractivity contribution in [3.05, 3.63) is 84.4 Å². The molecule has 3 aromatic rings. The molecule has 0 bridgehead atoms. The first kappa shape index (κ1) is 21.4. The van der Waals surface area contributed by atoms with Crippen LogP contribution >= 0.6 is 0 Å². The summed E-state index contributed by atoms with van der Waals surface area (Å²) in [6.45, 7) is 3.75. The summed E-state index contributed by atoms with van der Waals surface area (Å²) in [5.41, 5.74) is 1.86. The molecular weight excluding hydrogens is 400 g/mol. The zero-order valence-corrected chi connectivity index (χ0v) is 17.7. The lowest BCUT2D eigenvalue weighted by atomic mass is 10.2. The Balaban J connectivity index is 1.79. The van der Waals surface area contributed by atoms with E-state index in [1.165, 1.54) is 10.4 Å². The minimum Gasteiger partial charge on any atom is -0.484 e. The van der Waals surface area contributed by atoms with Crippen LogP contribution in [0.4, 0.5) is 11.4 Å². The van der Waals surface area contributed by atoms with Gasteiger partial charge in [-0.15, -0.1) is 0 Å². The zero-order valence-electron chi connectivity index (χ0n) is 16.9. The number of rotatable bonds is 8. The Hall–Kier alpha value is -3.32. The number of aryl methyl sites for hydroxylation is 1. The van der Waals surface area contributed by atoms with Crippen molar-refractivity contribution in [3.63, 3.8) is 0 Å². The van der Waals surface area contributed by atoms with E-state index in [0.717, 1.165) is 5.56 Å². The van der Waals surface area contributed by atoms with Gasteiger partial charge in [0.1, 0.15) is 10.6 Å². The van der Waals surface area contributed by atoms with Crippen molar-refractivity contribution in [2.24, 2.45) is 0 Å². The average molecular weight is 425 g/mol. The lowest BCUT2D eigenvalue weighted by molar-refractivity contribution is -0.118. The highest BCUT2D eigenvalue weighted by Gasteiger charge is 2.26. The van der Waals surface area contributed by atoms with Gasteiger partial charge in [-0.2, -0.15) is 0 Å². The largest absolute Gasteiger partial charge is 0.484 e. The second-order valence-electron chi connectivity index (χ2n) is 6.65. The molecule has 0 spiro atoms. The summed E-state index contributed by atoms with van der Waals surface area (Å²) >= 11 is 0. The lowest BCUT2D eigenvalue weighted by Crippen LogP contribution is -2.32. The minimum atomic E-state index is -3.87. The van der Waals surface area contributed by atoms with Gasteiger partial charge in [0.05, 0.1) is 11.4 Å². The smallest absolute Gasteiger partial charge is 0.266 e. The van der Waals surface area contributed by atoms with Gasteiger partial charge in [0.2, 0.25) is 0 Å². The number of nitrogens with zero attached hydrogens (tertiary/aromatic N) is 1. The number of hydrogen-bond donors (Lipinski definition) is 1. The molecule has 0 aromatic heterocycles. The summed E-state index contributed by atoms with van der Waals surface area (Å²) in [6.07, 6.45) is 0. The predicted octanol–water partition coefficient (Wildman–Crippen LogP) is 4.23. The summed E-state index contributed by atoms with van der Waals surface area (Å²) in [7, 11) is -3.87. The molecule has 1 N–H and O–H groups in total. The van der Waals surface area contributed by atoms with E-state index in [9.17, 15) is 13.2 Å². The van der Waals surface area contributed by atoms with Crippen molar-refractivity contribution in [1.82, 2.24) is 0 Å². The quantitative estimate of drug-likeness (QED) is 0.587. The third-order valence-corrected chi connectivity index (χ3v) is 6.41. The van der Waals surface area contributed by atoms with Crippen LogP contribution in [0.5, 0.6) is 5.75 Å². The highest BCUT2D eigenvalue weighted by molar-refractivity contribution is 7.93. The maximum absolute atomic E-state index is 13.3. The maximum Gasteiger partial charge on any atom is 0.266 e. The number of benzene rings is 3. The van der Waals surface area contributed by atoms with Crippen molar-refractivity contribution in [2.75, 3.05) is 22.8 Å². The summed E-state index contributed by atoms with van der Waals surface area (Å²) in [5.74, 6) is 0.124. The Kier molecular flexibility index (Phi) is 6.74. The average Bonchev–Trinajstić information content (AvgIpc) is 2.75. The molecule has 0 aliphatic rings. The lowest BCUT2D eigenvalue weighted by Gasteiger charge is -2.24. The fourth-order valence-electron chi connectivity index (χ4n) is 2.97. The number of para-hydroxylation sites is 2. The molecule has 3 rings (SSSR count). The highest BCUT2D eigenvalue weighted by Crippen LogP contribution is 2.28. The topological polar surface area (TPSA) is 75.7 Å². The Morgan fingerprint density at radius 1 is 0.933 bits per heavy atom. The standard InChI is InChI=1S/C23H24N2O4S/c1-3-25(19-9-5-4-6-10-19)30(27,28)22-12-8-7-11-21(22)24-23(26)17-29-20-15-13-18(2)14-16-20/h4-16H,3,17H2,1-2H3,(H,24,26). The first-order valence-electron chi connectivity index (χ1n) is 9.58. The fourth-order valence-corrected chi connectivity index (χ4v) is 4.59. The van der Waals surface area contributed by atoms with Gasteiger partial charge in [-0.05, 0) is 50.2 Å². The fraction of sp³-hybridized carbons (Fsp3) is 0.174. The number of amides is 1. The summed E-state index contributed by atoms with van der Waals surface area (Å²) in [4.78, 5) is 12.4. The summed E-state index contributed by atoms with van der Waals surface area (Å²) in [5, 5.41) is 2.66. The van der Waals surface area contributed by atoms with Crippen molar-refractivity contribution in [1.29, 1.82) is 0 Å². The van der Waals surface area contributed by atoms with Crippen molar-refractivity contribution in [3.8, 4) is 5.75 Å². The van der Waals surface area contributed by atoms with Crippen LogP contribution in [0.1, 0.15) is 12.5 Å². The van der Waals surface area contributed by atoms with Gasteiger partial charge < -0.3 is 10.1 Å². The first-order chi connectivity index (χ1) is 14.4. The van der Waals surface area contributed by atoms with Gasteiger partial charge in [-0.1, -0.05) is 48.0 Å². The van der Waals surface area contributed by atoms with Gasteiger partial charge in [0.25, 0.3) is 15.9 Å². The first-order valence-corrected chi connectivity index (χ1v) is 11.0. The van der Waals surface area contributed by atoms with E-state index in [-0.39, 0.29) is 23.7 Å². The molecule has 0 heterocycles. The van der Waals surface area contributed by atoms with Crippen LogP contribution in [0.15, 0.2) is 83.8 Å². The molecule has 3 aromatic carbocycles. The highest BCUT2D eigenvalue weighted by atomic mass is 32.2. The molecule has 0 saturated carbocycles. The van der Waals surface area contributed by atoms with Crippen LogP contribution < -0.4 is 14.4 Å². The molecule has 30 heavy (non-hydrogen) atoms. The van der Waals surface area contributed by atoms with Crippen molar-refractivity contribution < 1.29 is 17.9 Å². The Morgan fingerprint density at radius 3 is 2.23 bits per heavy atom. The monoisotopic (exact) mass is 424 g/mol. The van der Waals surface area contributed by atoms with Crippen LogP contribution in [0.3, 0.4) is 0 Å². The van der Waals surface area contributed by atoms with E-state index in [1.807, 2.05) is 25.1 Å². The molecule has 0 atom stereocenters. The van der Waals surface area contributed by atoms with Gasteiger partial charge >= 0.3 is 0 Å². The maximum atomic E-state index is 13.3. The number of nitrogens with one attached hydrogen (secondary N) is 1. The number of ether oxygens (including phenoxy) is 1. The predicted molar refractivity (Wildman–Crippen MR) is 118 cm³/mol. The zero-order chi connectivity index (χ0) is 21.6. The third kappa shape index (κ3) is 4.99. The number of sulfonamides is 1. The SMILES string of the molecule is CCN(c1ccccc1)S(=O)(=O)c1ccccc1NC(=O)COc1ccc(C)cc1.